The van der Waals surface area contributed by atoms with E-state index in [-0.39, 0.29) is 5.97 Å². The first-order chi connectivity index (χ1) is 7.46. The summed E-state index contributed by atoms with van der Waals surface area (Å²) >= 11 is 0. The molecule has 3 atom stereocenters. The summed E-state index contributed by atoms with van der Waals surface area (Å²) in [5.41, 5.74) is 0. The van der Waals surface area contributed by atoms with Crippen LogP contribution in [-0.2, 0) is 14.0 Å². The molecular weight excluding hydrogens is 220 g/mol. The zero-order valence-corrected chi connectivity index (χ0v) is 11.5. The van der Waals surface area contributed by atoms with Crippen molar-refractivity contribution >= 4 is 14.3 Å². The maximum absolute atomic E-state index is 11.0. The number of hydrogen-bond acceptors (Lipinski definition) is 3. The quantitative estimate of drug-likeness (QED) is 0.562. The molecule has 0 N–H and O–H groups in total. The molecule has 3 unspecified atom stereocenters. The summed E-state index contributed by atoms with van der Waals surface area (Å²) in [7, 11) is -1.75. The Hall–Kier alpha value is -0.353. The number of epoxide rings is 1. The largest absolute Gasteiger partial charge is 0.520 e. The first-order valence-electron chi connectivity index (χ1n) is 6.31. The molecule has 0 bridgehead atoms. The predicted octanol–water partition coefficient (Wildman–Crippen LogP) is 2.71. The van der Waals surface area contributed by atoms with Gasteiger partial charge < -0.3 is 9.16 Å². The van der Waals surface area contributed by atoms with Gasteiger partial charge >= 0.3 is 0 Å². The lowest BCUT2D eigenvalue weighted by molar-refractivity contribution is -0.132. The molecule has 2 fully saturated rings. The fourth-order valence-corrected chi connectivity index (χ4v) is 4.72. The highest BCUT2D eigenvalue weighted by Gasteiger charge is 2.44. The van der Waals surface area contributed by atoms with Crippen molar-refractivity contribution in [1.29, 1.82) is 0 Å². The third-order valence-electron chi connectivity index (χ3n) is 3.69. The molecule has 1 aliphatic carbocycles. The van der Waals surface area contributed by atoms with Crippen LogP contribution in [0.1, 0.15) is 32.6 Å². The third-order valence-corrected chi connectivity index (χ3v) is 6.02. The molecule has 0 aromatic rings. The molecule has 4 heteroatoms. The molecule has 1 aliphatic heterocycles. The maximum atomic E-state index is 11.0. The second-order valence-corrected chi connectivity index (χ2v) is 10.0. The topological polar surface area (TPSA) is 38.8 Å². The second kappa shape index (κ2) is 4.49. The predicted molar refractivity (Wildman–Crippen MR) is 64.7 cm³/mol. The van der Waals surface area contributed by atoms with E-state index in [1.165, 1.54) is 32.6 Å². The molecule has 2 rings (SSSR count). The van der Waals surface area contributed by atoms with E-state index >= 15 is 0 Å². The van der Waals surface area contributed by atoms with Gasteiger partial charge in [0, 0.05) is 6.92 Å². The number of fused-ring (bicyclic) bond motifs is 1. The molecular formula is C12H22O3Si. The van der Waals surface area contributed by atoms with Crippen molar-refractivity contribution in [2.75, 3.05) is 0 Å². The molecule has 1 heterocycles. The zero-order chi connectivity index (χ0) is 11.8. The molecule has 1 saturated carbocycles. The highest BCUT2D eigenvalue weighted by atomic mass is 28.4. The van der Waals surface area contributed by atoms with Crippen LogP contribution in [0.15, 0.2) is 0 Å². The summed E-state index contributed by atoms with van der Waals surface area (Å²) in [6.45, 7) is 5.78. The Morgan fingerprint density at radius 2 is 2.12 bits per heavy atom. The third kappa shape index (κ3) is 3.32. The van der Waals surface area contributed by atoms with Gasteiger partial charge in [-0.05, 0) is 50.7 Å². The Kier molecular flexibility index (Phi) is 3.40. The van der Waals surface area contributed by atoms with Crippen molar-refractivity contribution in [3.8, 4) is 0 Å². The van der Waals surface area contributed by atoms with Gasteiger partial charge in [0.1, 0.15) is 0 Å². The van der Waals surface area contributed by atoms with Crippen molar-refractivity contribution in [2.24, 2.45) is 5.92 Å². The van der Waals surface area contributed by atoms with E-state index in [0.29, 0.717) is 12.2 Å². The fourth-order valence-electron chi connectivity index (χ4n) is 2.74. The van der Waals surface area contributed by atoms with Gasteiger partial charge in [0.05, 0.1) is 12.2 Å². The van der Waals surface area contributed by atoms with E-state index in [2.05, 4.69) is 13.1 Å². The molecule has 16 heavy (non-hydrogen) atoms. The van der Waals surface area contributed by atoms with E-state index in [1.54, 1.807) is 0 Å². The minimum absolute atomic E-state index is 0.120. The SMILES string of the molecule is CC(=O)O[Si](C)(C)CCC1CCC2OC2C1. The Labute approximate surface area is 98.6 Å². The molecule has 0 radical (unpaired) electrons. The molecule has 1 saturated heterocycles. The van der Waals surface area contributed by atoms with Crippen molar-refractivity contribution in [3.05, 3.63) is 0 Å². The van der Waals surface area contributed by atoms with Crippen LogP contribution >= 0.6 is 0 Å². The van der Waals surface area contributed by atoms with Crippen LogP contribution in [0.3, 0.4) is 0 Å². The van der Waals surface area contributed by atoms with E-state index in [1.807, 2.05) is 0 Å². The van der Waals surface area contributed by atoms with Crippen molar-refractivity contribution in [1.82, 2.24) is 0 Å². The summed E-state index contributed by atoms with van der Waals surface area (Å²) in [5, 5.41) is 0. The number of ether oxygens (including phenoxy) is 1. The minimum atomic E-state index is -1.75. The molecule has 0 spiro atoms. The Bertz CT molecular complexity index is 277. The first kappa shape index (κ1) is 12.1. The van der Waals surface area contributed by atoms with E-state index in [4.69, 9.17) is 9.16 Å². The average molecular weight is 242 g/mol. The van der Waals surface area contributed by atoms with E-state index < -0.39 is 8.32 Å². The first-order valence-corrected chi connectivity index (χ1v) is 9.43. The van der Waals surface area contributed by atoms with E-state index in [9.17, 15) is 4.79 Å². The number of carbonyl (C=O) groups is 1. The summed E-state index contributed by atoms with van der Waals surface area (Å²) in [6.07, 6.45) is 6.14. The van der Waals surface area contributed by atoms with Gasteiger partial charge in [-0.25, -0.2) is 0 Å². The zero-order valence-electron chi connectivity index (χ0n) is 10.5. The van der Waals surface area contributed by atoms with Crippen LogP contribution in [-0.4, -0.2) is 26.5 Å². The number of hydrogen-bond donors (Lipinski definition) is 0. The van der Waals surface area contributed by atoms with Crippen LogP contribution in [0.25, 0.3) is 0 Å². The highest BCUT2D eigenvalue weighted by molar-refractivity contribution is 6.72. The lowest BCUT2D eigenvalue weighted by Gasteiger charge is -2.25. The smallest absolute Gasteiger partial charge is 0.289 e. The summed E-state index contributed by atoms with van der Waals surface area (Å²) in [6, 6.07) is 1.09. The maximum Gasteiger partial charge on any atom is 0.289 e. The lowest BCUT2D eigenvalue weighted by Crippen LogP contribution is -2.33. The molecule has 0 aromatic heterocycles. The normalized spacial score (nSPS) is 33.1. The monoisotopic (exact) mass is 242 g/mol. The van der Waals surface area contributed by atoms with Crippen molar-refractivity contribution < 1.29 is 14.0 Å². The van der Waals surface area contributed by atoms with Crippen LogP contribution in [0.5, 0.6) is 0 Å². The van der Waals surface area contributed by atoms with Crippen molar-refractivity contribution in [2.45, 2.75) is 64.0 Å². The van der Waals surface area contributed by atoms with Crippen LogP contribution < -0.4 is 0 Å². The minimum Gasteiger partial charge on any atom is -0.520 e. The van der Waals surface area contributed by atoms with Gasteiger partial charge in [-0.15, -0.1) is 0 Å². The van der Waals surface area contributed by atoms with Gasteiger partial charge in [-0.3, -0.25) is 4.79 Å². The molecule has 2 aliphatic rings. The van der Waals surface area contributed by atoms with Gasteiger partial charge in [-0.2, -0.15) is 0 Å². The van der Waals surface area contributed by atoms with Crippen LogP contribution in [0.2, 0.25) is 19.1 Å². The van der Waals surface area contributed by atoms with E-state index in [0.717, 1.165) is 12.0 Å². The van der Waals surface area contributed by atoms with Crippen LogP contribution in [0, 0.1) is 5.92 Å². The lowest BCUT2D eigenvalue weighted by atomic mass is 9.88. The summed E-state index contributed by atoms with van der Waals surface area (Å²) < 4.78 is 11.0. The fraction of sp³-hybridized carbons (Fsp3) is 0.917. The molecule has 0 amide bonds. The number of carbonyl (C=O) groups excluding carboxylic acids is 1. The highest BCUT2D eigenvalue weighted by Crippen LogP contribution is 2.41. The Morgan fingerprint density at radius 3 is 2.75 bits per heavy atom. The van der Waals surface area contributed by atoms with Crippen LogP contribution in [0.4, 0.5) is 0 Å². The second-order valence-electron chi connectivity index (χ2n) is 5.78. The van der Waals surface area contributed by atoms with Gasteiger partial charge in [0.2, 0.25) is 8.32 Å². The average Bonchev–Trinajstić information content (AvgIpc) is 2.90. The molecule has 3 nitrogen and oxygen atoms in total. The Balaban J connectivity index is 1.71. The molecule has 92 valence electrons. The summed E-state index contributed by atoms with van der Waals surface area (Å²) in [4.78, 5) is 11.0. The van der Waals surface area contributed by atoms with Gasteiger partial charge in [0.25, 0.3) is 5.97 Å². The Morgan fingerprint density at radius 1 is 1.38 bits per heavy atom. The standard InChI is InChI=1S/C12H22O3Si/c1-9(13)15-16(2,3)7-6-10-4-5-11-12(8-10)14-11/h10-12H,4-8H2,1-3H3. The molecule has 0 aromatic carbocycles. The van der Waals surface area contributed by atoms with Crippen molar-refractivity contribution in [3.63, 3.8) is 0 Å². The summed E-state index contributed by atoms with van der Waals surface area (Å²) in [5.74, 6) is 0.678. The van der Waals surface area contributed by atoms with Gasteiger partial charge in [-0.1, -0.05) is 0 Å². The number of rotatable bonds is 4. The van der Waals surface area contributed by atoms with Gasteiger partial charge in [0.15, 0.2) is 0 Å².